The molecule has 0 bridgehead atoms. The van der Waals surface area contributed by atoms with Crippen molar-refractivity contribution in [2.75, 3.05) is 5.32 Å². The van der Waals surface area contributed by atoms with Gasteiger partial charge in [0, 0.05) is 11.3 Å². The first kappa shape index (κ1) is 22.4. The van der Waals surface area contributed by atoms with Crippen molar-refractivity contribution in [2.45, 2.75) is 6.92 Å². The van der Waals surface area contributed by atoms with E-state index in [0.717, 1.165) is 16.3 Å². The lowest BCUT2D eigenvalue weighted by Crippen LogP contribution is -2.32. The second-order valence-corrected chi connectivity index (χ2v) is 7.47. The molecule has 0 aliphatic carbocycles. The van der Waals surface area contributed by atoms with Crippen LogP contribution in [-0.4, -0.2) is 24.0 Å². The Labute approximate surface area is 196 Å². The van der Waals surface area contributed by atoms with E-state index in [1.807, 2.05) is 49.4 Å². The van der Waals surface area contributed by atoms with Crippen molar-refractivity contribution in [1.82, 2.24) is 5.43 Å². The van der Waals surface area contributed by atoms with Gasteiger partial charge >= 0.3 is 17.8 Å². The van der Waals surface area contributed by atoms with E-state index in [9.17, 15) is 14.4 Å². The van der Waals surface area contributed by atoms with Crippen LogP contribution in [0.25, 0.3) is 10.8 Å². The van der Waals surface area contributed by atoms with Gasteiger partial charge in [0.2, 0.25) is 0 Å². The predicted molar refractivity (Wildman–Crippen MR) is 131 cm³/mol. The quantitative estimate of drug-likeness (QED) is 0.154. The van der Waals surface area contributed by atoms with Crippen molar-refractivity contribution in [3.8, 4) is 5.75 Å². The topological polar surface area (TPSA) is 96.9 Å². The van der Waals surface area contributed by atoms with Crippen LogP contribution in [0, 0.1) is 6.92 Å². The van der Waals surface area contributed by atoms with Gasteiger partial charge in [-0.25, -0.2) is 10.2 Å². The molecule has 34 heavy (non-hydrogen) atoms. The van der Waals surface area contributed by atoms with Crippen LogP contribution < -0.4 is 15.5 Å². The van der Waals surface area contributed by atoms with Crippen molar-refractivity contribution >= 4 is 40.5 Å². The molecule has 0 spiro atoms. The van der Waals surface area contributed by atoms with Gasteiger partial charge in [0.15, 0.2) is 0 Å². The third kappa shape index (κ3) is 5.34. The second kappa shape index (κ2) is 10.2. The fraction of sp³-hybridized carbons (Fsp3) is 0.0370. The van der Waals surface area contributed by atoms with E-state index in [4.69, 9.17) is 4.74 Å². The van der Waals surface area contributed by atoms with Crippen LogP contribution >= 0.6 is 0 Å². The van der Waals surface area contributed by atoms with E-state index in [0.29, 0.717) is 16.8 Å². The zero-order chi connectivity index (χ0) is 23.9. The zero-order valence-corrected chi connectivity index (χ0v) is 18.3. The number of benzene rings is 4. The number of esters is 1. The molecule has 4 aromatic carbocycles. The Bertz CT molecular complexity index is 1380. The predicted octanol–water partition coefficient (Wildman–Crippen LogP) is 4.46. The molecule has 168 valence electrons. The first-order valence-corrected chi connectivity index (χ1v) is 10.5. The van der Waals surface area contributed by atoms with E-state index in [-0.39, 0.29) is 5.75 Å². The summed E-state index contributed by atoms with van der Waals surface area (Å²) in [5, 5.41) is 8.08. The Kier molecular flexibility index (Phi) is 6.74. The van der Waals surface area contributed by atoms with Gasteiger partial charge in [-0.3, -0.25) is 9.59 Å². The highest BCUT2D eigenvalue weighted by molar-refractivity contribution is 6.39. The highest BCUT2D eigenvalue weighted by Crippen LogP contribution is 2.27. The second-order valence-electron chi connectivity index (χ2n) is 7.47. The van der Waals surface area contributed by atoms with E-state index in [1.165, 1.54) is 6.21 Å². The van der Waals surface area contributed by atoms with Crippen LogP contribution in [-0.2, 0) is 9.59 Å². The molecule has 0 radical (unpaired) electrons. The number of ether oxygens (including phenoxy) is 1. The summed E-state index contributed by atoms with van der Waals surface area (Å²) in [5.41, 5.74) is 4.63. The number of hydrogen-bond acceptors (Lipinski definition) is 5. The summed E-state index contributed by atoms with van der Waals surface area (Å²) in [7, 11) is 0. The maximum absolute atomic E-state index is 12.7. The van der Waals surface area contributed by atoms with Crippen molar-refractivity contribution in [3.63, 3.8) is 0 Å². The minimum Gasteiger partial charge on any atom is -0.422 e. The normalized spacial score (nSPS) is 10.7. The summed E-state index contributed by atoms with van der Waals surface area (Å²) in [6.45, 7) is 1.93. The van der Waals surface area contributed by atoms with Gasteiger partial charge in [0.1, 0.15) is 5.75 Å². The van der Waals surface area contributed by atoms with Gasteiger partial charge in [-0.15, -0.1) is 0 Å². The first-order chi connectivity index (χ1) is 16.5. The minimum atomic E-state index is -0.932. The number of rotatable bonds is 5. The van der Waals surface area contributed by atoms with Gasteiger partial charge in [-0.1, -0.05) is 66.2 Å². The van der Waals surface area contributed by atoms with Crippen LogP contribution in [0.5, 0.6) is 5.75 Å². The molecule has 0 aliphatic heterocycles. The molecule has 0 fully saturated rings. The zero-order valence-electron chi connectivity index (χ0n) is 18.3. The summed E-state index contributed by atoms with van der Waals surface area (Å²) in [5.74, 6) is -2.03. The SMILES string of the molecule is Cc1ccc(C(=O)Oc2ccc3ccccc3c2/C=N/NC(=O)C(=O)Nc2ccccc2)cc1. The fourth-order valence-corrected chi connectivity index (χ4v) is 3.26. The monoisotopic (exact) mass is 451 g/mol. The third-order valence-electron chi connectivity index (χ3n) is 5.02. The molecule has 4 rings (SSSR count). The van der Waals surface area contributed by atoms with Gasteiger partial charge in [0.05, 0.1) is 11.8 Å². The van der Waals surface area contributed by atoms with Crippen molar-refractivity contribution < 1.29 is 19.1 Å². The van der Waals surface area contributed by atoms with Crippen LogP contribution in [0.3, 0.4) is 0 Å². The average Bonchev–Trinajstić information content (AvgIpc) is 2.86. The molecule has 0 aromatic heterocycles. The number of nitrogens with zero attached hydrogens (tertiary/aromatic N) is 1. The Morgan fingerprint density at radius 1 is 0.794 bits per heavy atom. The minimum absolute atomic E-state index is 0.274. The summed E-state index contributed by atoms with van der Waals surface area (Å²) >= 11 is 0. The lowest BCUT2D eigenvalue weighted by molar-refractivity contribution is -0.136. The molecule has 7 nitrogen and oxygen atoms in total. The molecular weight excluding hydrogens is 430 g/mol. The third-order valence-corrected chi connectivity index (χ3v) is 5.02. The summed E-state index contributed by atoms with van der Waals surface area (Å²) < 4.78 is 5.64. The van der Waals surface area contributed by atoms with Crippen molar-refractivity contribution in [1.29, 1.82) is 0 Å². The number of aryl methyl sites for hydroxylation is 1. The molecular formula is C27H21N3O4. The lowest BCUT2D eigenvalue weighted by Gasteiger charge is -2.11. The Balaban J connectivity index is 1.54. The molecule has 0 heterocycles. The molecule has 2 N–H and O–H groups in total. The summed E-state index contributed by atoms with van der Waals surface area (Å²) in [6, 6.07) is 26.6. The molecule has 4 aromatic rings. The fourth-order valence-electron chi connectivity index (χ4n) is 3.26. The number of fused-ring (bicyclic) bond motifs is 1. The molecule has 0 saturated carbocycles. The maximum atomic E-state index is 12.7. The number of hydrazone groups is 1. The van der Waals surface area contributed by atoms with Crippen LogP contribution in [0.1, 0.15) is 21.5 Å². The van der Waals surface area contributed by atoms with Crippen LogP contribution in [0.4, 0.5) is 5.69 Å². The van der Waals surface area contributed by atoms with Gasteiger partial charge in [0.25, 0.3) is 0 Å². The number of anilines is 1. The van der Waals surface area contributed by atoms with E-state index >= 15 is 0 Å². The van der Waals surface area contributed by atoms with E-state index < -0.39 is 17.8 Å². The van der Waals surface area contributed by atoms with Gasteiger partial charge in [-0.2, -0.15) is 5.10 Å². The standard InChI is InChI=1S/C27H21N3O4/c1-18-11-13-20(14-12-18)27(33)34-24-16-15-19-7-5-6-10-22(19)23(24)17-28-30-26(32)25(31)29-21-8-3-2-4-9-21/h2-17H,1H3,(H,29,31)(H,30,32)/b28-17+. The van der Waals surface area contributed by atoms with Crippen molar-refractivity contribution in [2.24, 2.45) is 5.10 Å². The summed E-state index contributed by atoms with van der Waals surface area (Å²) in [6.07, 6.45) is 1.35. The molecule has 0 unspecified atom stereocenters. The Morgan fingerprint density at radius 2 is 1.50 bits per heavy atom. The van der Waals surface area contributed by atoms with E-state index in [2.05, 4.69) is 15.8 Å². The number of carbonyl (C=O) groups is 3. The number of amides is 2. The van der Waals surface area contributed by atoms with E-state index in [1.54, 1.807) is 48.5 Å². The van der Waals surface area contributed by atoms with Crippen LogP contribution in [0.15, 0.2) is 96.1 Å². The number of para-hydroxylation sites is 1. The smallest absolute Gasteiger partial charge is 0.343 e. The summed E-state index contributed by atoms with van der Waals surface area (Å²) in [4.78, 5) is 36.9. The van der Waals surface area contributed by atoms with Crippen molar-refractivity contribution in [3.05, 3.63) is 108 Å². The molecule has 2 amide bonds. The number of hydrogen-bond donors (Lipinski definition) is 2. The molecule has 7 heteroatoms. The molecule has 0 atom stereocenters. The first-order valence-electron chi connectivity index (χ1n) is 10.5. The van der Waals surface area contributed by atoms with Gasteiger partial charge in [-0.05, 0) is 48.0 Å². The highest BCUT2D eigenvalue weighted by Gasteiger charge is 2.15. The number of carbonyl (C=O) groups excluding carboxylic acids is 3. The Morgan fingerprint density at radius 3 is 2.26 bits per heavy atom. The van der Waals surface area contributed by atoms with Crippen LogP contribution in [0.2, 0.25) is 0 Å². The number of nitrogens with one attached hydrogen (secondary N) is 2. The largest absolute Gasteiger partial charge is 0.422 e. The highest BCUT2D eigenvalue weighted by atomic mass is 16.5. The average molecular weight is 451 g/mol. The molecule has 0 saturated heterocycles. The Hall–Kier alpha value is -4.78. The molecule has 0 aliphatic rings. The van der Waals surface area contributed by atoms with Gasteiger partial charge < -0.3 is 10.1 Å². The lowest BCUT2D eigenvalue weighted by atomic mass is 10.0. The maximum Gasteiger partial charge on any atom is 0.343 e.